The van der Waals surface area contributed by atoms with Crippen LogP contribution < -0.4 is 5.32 Å². The van der Waals surface area contributed by atoms with Crippen molar-refractivity contribution in [2.24, 2.45) is 5.92 Å². The number of imidazole rings is 1. The van der Waals surface area contributed by atoms with Crippen LogP contribution in [0, 0.1) is 5.92 Å². The van der Waals surface area contributed by atoms with Crippen LogP contribution in [0.3, 0.4) is 0 Å². The average Bonchev–Trinajstić information content (AvgIpc) is 3.21. The first-order valence-electron chi connectivity index (χ1n) is 8.26. The van der Waals surface area contributed by atoms with E-state index in [0.29, 0.717) is 20.7 Å². The predicted octanol–water partition coefficient (Wildman–Crippen LogP) is 4.54. The zero-order valence-corrected chi connectivity index (χ0v) is 15.5. The smallest absolute Gasteiger partial charge is 0.349 e. The lowest BCUT2D eigenvalue weighted by molar-refractivity contribution is -0.117. The molecule has 1 saturated carbocycles. The molecule has 1 aliphatic rings. The minimum Gasteiger partial charge on any atom is -0.450 e. The summed E-state index contributed by atoms with van der Waals surface area (Å²) in [5, 5.41) is 4.09. The van der Waals surface area contributed by atoms with E-state index in [0.717, 1.165) is 23.9 Å². The third-order valence-electron chi connectivity index (χ3n) is 4.13. The molecule has 0 aliphatic heterocycles. The van der Waals surface area contributed by atoms with Crippen LogP contribution in [0.2, 0.25) is 5.02 Å². The van der Waals surface area contributed by atoms with Gasteiger partial charge in [0, 0.05) is 10.9 Å². The fourth-order valence-corrected chi connectivity index (χ4v) is 3.52. The molecule has 1 aliphatic carbocycles. The fraction of sp³-hybridized carbons (Fsp3) is 0.278. The number of benzene rings is 1. The van der Waals surface area contributed by atoms with Gasteiger partial charge in [-0.05, 0) is 50.1 Å². The first-order valence-corrected chi connectivity index (χ1v) is 9.46. The average molecular weight is 390 g/mol. The number of nitrogens with one attached hydrogen (secondary N) is 2. The van der Waals surface area contributed by atoms with E-state index in [1.54, 1.807) is 37.3 Å². The van der Waals surface area contributed by atoms with E-state index in [1.165, 1.54) is 11.3 Å². The van der Waals surface area contributed by atoms with Crippen LogP contribution in [0.15, 0.2) is 30.3 Å². The van der Waals surface area contributed by atoms with Crippen molar-refractivity contribution in [3.05, 3.63) is 46.1 Å². The summed E-state index contributed by atoms with van der Waals surface area (Å²) >= 11 is 7.18. The Labute approximate surface area is 158 Å². The lowest BCUT2D eigenvalue weighted by Crippen LogP contribution is -2.12. The van der Waals surface area contributed by atoms with Crippen LogP contribution in [0.1, 0.15) is 41.4 Å². The summed E-state index contributed by atoms with van der Waals surface area (Å²) in [5.74, 6) is 0.234. The number of esters is 1. The van der Waals surface area contributed by atoms with Gasteiger partial charge in [0.1, 0.15) is 10.7 Å². The van der Waals surface area contributed by atoms with Crippen molar-refractivity contribution in [1.82, 2.24) is 9.97 Å². The number of fused-ring (bicyclic) bond motifs is 1. The number of amides is 1. The summed E-state index contributed by atoms with van der Waals surface area (Å²) in [6.07, 6.45) is 1.33. The summed E-state index contributed by atoms with van der Waals surface area (Å²) in [5.41, 5.74) is 1.55. The van der Waals surface area contributed by atoms with Crippen LogP contribution in [-0.4, -0.2) is 21.8 Å². The molecule has 0 spiro atoms. The lowest BCUT2D eigenvalue weighted by Gasteiger charge is -2.09. The van der Waals surface area contributed by atoms with Gasteiger partial charge in [-0.2, -0.15) is 0 Å². The Morgan fingerprint density at radius 3 is 2.92 bits per heavy atom. The van der Waals surface area contributed by atoms with Gasteiger partial charge in [-0.15, -0.1) is 11.3 Å². The number of anilines is 1. The largest absolute Gasteiger partial charge is 0.450 e. The number of rotatable bonds is 5. The molecule has 1 atom stereocenters. The van der Waals surface area contributed by atoms with E-state index in [9.17, 15) is 9.59 Å². The zero-order valence-electron chi connectivity index (χ0n) is 13.9. The van der Waals surface area contributed by atoms with E-state index in [-0.39, 0.29) is 11.8 Å². The number of carbonyl (C=O) groups is 2. The standard InChI is InChI=1S/C18H16ClN3O3S/c1-9(16-20-12-5-4-11(19)8-13(12)21-16)25-18(24)14-6-7-15(26-14)22-17(23)10-2-3-10/h4-10H,2-3H2,1H3,(H,20,21)(H,22,23). The maximum Gasteiger partial charge on any atom is 0.349 e. The second-order valence-electron chi connectivity index (χ2n) is 6.26. The number of aromatic nitrogens is 2. The van der Waals surface area contributed by atoms with Crippen LogP contribution in [0.4, 0.5) is 5.00 Å². The molecule has 1 amide bonds. The van der Waals surface area contributed by atoms with Gasteiger partial charge in [-0.3, -0.25) is 4.79 Å². The Morgan fingerprint density at radius 1 is 1.35 bits per heavy atom. The molecule has 0 bridgehead atoms. The van der Waals surface area contributed by atoms with E-state index in [4.69, 9.17) is 16.3 Å². The van der Waals surface area contributed by atoms with Gasteiger partial charge in [0.2, 0.25) is 5.91 Å². The van der Waals surface area contributed by atoms with E-state index in [1.807, 2.05) is 0 Å². The van der Waals surface area contributed by atoms with Crippen molar-refractivity contribution in [2.45, 2.75) is 25.9 Å². The van der Waals surface area contributed by atoms with Crippen molar-refractivity contribution in [3.8, 4) is 0 Å². The van der Waals surface area contributed by atoms with Crippen molar-refractivity contribution in [2.75, 3.05) is 5.32 Å². The number of carbonyl (C=O) groups excluding carboxylic acids is 2. The van der Waals surface area contributed by atoms with Crippen LogP contribution in [0.5, 0.6) is 0 Å². The molecule has 0 radical (unpaired) electrons. The number of hydrogen-bond donors (Lipinski definition) is 2. The molecule has 4 rings (SSSR count). The molecule has 134 valence electrons. The zero-order chi connectivity index (χ0) is 18.3. The van der Waals surface area contributed by atoms with Gasteiger partial charge in [0.05, 0.1) is 16.0 Å². The van der Waals surface area contributed by atoms with Gasteiger partial charge in [0.25, 0.3) is 0 Å². The number of aromatic amines is 1. The first-order chi connectivity index (χ1) is 12.5. The number of hydrogen-bond acceptors (Lipinski definition) is 5. The van der Waals surface area contributed by atoms with Gasteiger partial charge in [-0.1, -0.05) is 11.6 Å². The fourth-order valence-electron chi connectivity index (χ4n) is 2.55. The predicted molar refractivity (Wildman–Crippen MR) is 101 cm³/mol. The minimum atomic E-state index is -0.541. The van der Waals surface area contributed by atoms with Crippen molar-refractivity contribution >= 4 is 50.8 Å². The molecule has 2 N–H and O–H groups in total. The summed E-state index contributed by atoms with van der Waals surface area (Å²) < 4.78 is 5.49. The van der Waals surface area contributed by atoms with Crippen molar-refractivity contribution in [1.29, 1.82) is 0 Å². The van der Waals surface area contributed by atoms with Crippen LogP contribution in [-0.2, 0) is 9.53 Å². The molecule has 2 heterocycles. The van der Waals surface area contributed by atoms with Crippen molar-refractivity contribution < 1.29 is 14.3 Å². The van der Waals surface area contributed by atoms with Crippen LogP contribution >= 0.6 is 22.9 Å². The van der Waals surface area contributed by atoms with Gasteiger partial charge < -0.3 is 15.0 Å². The SMILES string of the molecule is CC(OC(=O)c1ccc(NC(=O)C2CC2)s1)c1nc2ccc(Cl)cc2[nH]1. The Balaban J connectivity index is 1.43. The quantitative estimate of drug-likeness (QED) is 0.627. The number of nitrogens with zero attached hydrogens (tertiary/aromatic N) is 1. The highest BCUT2D eigenvalue weighted by Crippen LogP contribution is 2.32. The molecular formula is C18H16ClN3O3S. The number of thiophene rings is 1. The van der Waals surface area contributed by atoms with Crippen molar-refractivity contribution in [3.63, 3.8) is 0 Å². The molecule has 6 nitrogen and oxygen atoms in total. The summed E-state index contributed by atoms with van der Waals surface area (Å²) in [4.78, 5) is 32.1. The highest BCUT2D eigenvalue weighted by atomic mass is 35.5. The minimum absolute atomic E-state index is 0.0149. The third kappa shape index (κ3) is 3.59. The summed E-state index contributed by atoms with van der Waals surface area (Å²) in [6, 6.07) is 8.71. The summed E-state index contributed by atoms with van der Waals surface area (Å²) in [6.45, 7) is 1.75. The molecule has 1 fully saturated rings. The van der Waals surface area contributed by atoms with E-state index in [2.05, 4.69) is 15.3 Å². The van der Waals surface area contributed by atoms with Gasteiger partial charge in [0.15, 0.2) is 6.10 Å². The molecule has 3 aromatic rings. The molecule has 1 aromatic carbocycles. The Hall–Kier alpha value is -2.38. The number of ether oxygens (including phenoxy) is 1. The molecule has 8 heteroatoms. The van der Waals surface area contributed by atoms with Crippen LogP contribution in [0.25, 0.3) is 11.0 Å². The number of H-pyrrole nitrogens is 1. The molecular weight excluding hydrogens is 374 g/mol. The Bertz CT molecular complexity index is 993. The first kappa shape index (κ1) is 17.1. The second kappa shape index (κ2) is 6.74. The monoisotopic (exact) mass is 389 g/mol. The molecule has 0 saturated heterocycles. The number of halogens is 1. The normalized spacial score (nSPS) is 15.0. The Kier molecular flexibility index (Phi) is 4.42. The maximum absolute atomic E-state index is 12.4. The molecule has 2 aromatic heterocycles. The third-order valence-corrected chi connectivity index (χ3v) is 5.35. The molecule has 1 unspecified atom stereocenters. The second-order valence-corrected chi connectivity index (χ2v) is 7.78. The Morgan fingerprint density at radius 2 is 2.15 bits per heavy atom. The summed E-state index contributed by atoms with van der Waals surface area (Å²) in [7, 11) is 0. The molecule has 26 heavy (non-hydrogen) atoms. The maximum atomic E-state index is 12.4. The lowest BCUT2D eigenvalue weighted by atomic mass is 10.3. The van der Waals surface area contributed by atoms with E-state index < -0.39 is 12.1 Å². The highest BCUT2D eigenvalue weighted by molar-refractivity contribution is 7.18. The topological polar surface area (TPSA) is 84.1 Å². The van der Waals surface area contributed by atoms with Gasteiger partial charge >= 0.3 is 5.97 Å². The van der Waals surface area contributed by atoms with Gasteiger partial charge in [-0.25, -0.2) is 9.78 Å². The highest BCUT2D eigenvalue weighted by Gasteiger charge is 2.30. The van der Waals surface area contributed by atoms with E-state index >= 15 is 0 Å².